The summed E-state index contributed by atoms with van der Waals surface area (Å²) in [5.41, 5.74) is 5.74. The van der Waals surface area contributed by atoms with Crippen LogP contribution >= 0.6 is 15.9 Å². The third-order valence-corrected chi connectivity index (χ3v) is 6.88. The van der Waals surface area contributed by atoms with Crippen LogP contribution in [0.15, 0.2) is 51.6 Å². The fourth-order valence-corrected chi connectivity index (χ4v) is 4.64. The molecule has 0 atom stereocenters. The van der Waals surface area contributed by atoms with Gasteiger partial charge in [-0.2, -0.15) is 0 Å². The zero-order chi connectivity index (χ0) is 22.8. The zero-order valence-corrected chi connectivity index (χ0v) is 20.8. The molecule has 4 rings (SSSR count). The predicted octanol–water partition coefficient (Wildman–Crippen LogP) is 7.23. The van der Waals surface area contributed by atoms with Crippen molar-refractivity contribution in [1.29, 1.82) is 0 Å². The van der Waals surface area contributed by atoms with Gasteiger partial charge in [-0.05, 0) is 68.9 Å². The van der Waals surface area contributed by atoms with Crippen molar-refractivity contribution < 1.29 is 13.9 Å². The molecule has 0 bridgehead atoms. The van der Waals surface area contributed by atoms with Crippen LogP contribution in [-0.2, 0) is 4.79 Å². The molecular formula is C27H30BrNO3. The lowest BCUT2D eigenvalue weighted by Crippen LogP contribution is -2.36. The number of benzene rings is 2. The molecule has 1 aliphatic heterocycles. The van der Waals surface area contributed by atoms with E-state index >= 15 is 0 Å². The van der Waals surface area contributed by atoms with E-state index < -0.39 is 0 Å². The Labute approximate surface area is 198 Å². The molecule has 32 heavy (non-hydrogen) atoms. The summed E-state index contributed by atoms with van der Waals surface area (Å²) in [6, 6.07) is 10.3. The molecule has 0 N–H and O–H groups in total. The van der Waals surface area contributed by atoms with Gasteiger partial charge in [-0.1, -0.05) is 35.0 Å². The fraction of sp³-hybridized carbons (Fsp3) is 0.370. The number of fused-ring (bicyclic) bond motifs is 1. The van der Waals surface area contributed by atoms with Crippen LogP contribution in [0.25, 0.3) is 27.7 Å². The second-order valence-electron chi connectivity index (χ2n) is 8.68. The Bertz CT molecular complexity index is 1150. The summed E-state index contributed by atoms with van der Waals surface area (Å²) in [6.07, 6.45) is 5.71. The largest absolute Gasteiger partial charge is 0.493 e. The highest BCUT2D eigenvalue weighted by atomic mass is 79.9. The zero-order valence-electron chi connectivity index (χ0n) is 19.2. The van der Waals surface area contributed by atoms with Crippen molar-refractivity contribution in [1.82, 2.24) is 4.90 Å². The predicted molar refractivity (Wildman–Crippen MR) is 134 cm³/mol. The van der Waals surface area contributed by atoms with Gasteiger partial charge in [-0.25, -0.2) is 0 Å². The minimum atomic E-state index is 0.0786. The summed E-state index contributed by atoms with van der Waals surface area (Å²) < 4.78 is 13.1. The number of aryl methyl sites for hydroxylation is 1. The first-order valence-corrected chi connectivity index (χ1v) is 12.1. The van der Waals surface area contributed by atoms with Gasteiger partial charge in [-0.3, -0.25) is 4.79 Å². The first kappa shape index (κ1) is 22.7. The van der Waals surface area contributed by atoms with E-state index in [0.29, 0.717) is 12.5 Å². The van der Waals surface area contributed by atoms with Crippen LogP contribution in [0.2, 0.25) is 0 Å². The summed E-state index contributed by atoms with van der Waals surface area (Å²) in [4.78, 5) is 14.9. The van der Waals surface area contributed by atoms with Crippen molar-refractivity contribution in [3.8, 4) is 16.9 Å². The third-order valence-electron chi connectivity index (χ3n) is 6.35. The lowest BCUT2D eigenvalue weighted by atomic mass is 9.96. The fourth-order valence-electron chi connectivity index (χ4n) is 4.38. The van der Waals surface area contributed by atoms with Crippen LogP contribution in [0.1, 0.15) is 44.7 Å². The molecule has 2 heterocycles. The molecule has 0 spiro atoms. The maximum absolute atomic E-state index is 13.0. The smallest absolute Gasteiger partial charge is 0.246 e. The van der Waals surface area contributed by atoms with Crippen LogP contribution in [0.3, 0.4) is 0 Å². The quantitative estimate of drug-likeness (QED) is 0.350. The topological polar surface area (TPSA) is 42.7 Å². The monoisotopic (exact) mass is 495 g/mol. The number of nitrogens with zero attached hydrogens (tertiary/aromatic N) is 1. The second kappa shape index (κ2) is 9.53. The SMILES string of the molecule is CCOc1c(/C(C)=C/C(=O)N2CCC(C)CC2)cc2c(-c3ccc(Br)cc3)coc2c1C. The second-order valence-corrected chi connectivity index (χ2v) is 9.60. The number of hydrogen-bond donors (Lipinski definition) is 0. The summed E-state index contributed by atoms with van der Waals surface area (Å²) in [5.74, 6) is 1.55. The van der Waals surface area contributed by atoms with E-state index in [4.69, 9.17) is 9.15 Å². The number of piperidine rings is 1. The number of amides is 1. The van der Waals surface area contributed by atoms with Gasteiger partial charge in [0.05, 0.1) is 12.9 Å². The molecular weight excluding hydrogens is 466 g/mol. The van der Waals surface area contributed by atoms with Gasteiger partial charge >= 0.3 is 0 Å². The molecule has 3 aromatic rings. The van der Waals surface area contributed by atoms with E-state index in [1.165, 1.54) is 0 Å². The van der Waals surface area contributed by atoms with Crippen molar-refractivity contribution >= 4 is 38.4 Å². The Balaban J connectivity index is 1.78. The normalized spacial score (nSPS) is 15.4. The number of likely N-dealkylation sites (tertiary alicyclic amines) is 1. The van der Waals surface area contributed by atoms with Crippen molar-refractivity contribution in [3.63, 3.8) is 0 Å². The highest BCUT2D eigenvalue weighted by Gasteiger charge is 2.22. The van der Waals surface area contributed by atoms with E-state index in [2.05, 4.69) is 41.1 Å². The minimum absolute atomic E-state index is 0.0786. The van der Waals surface area contributed by atoms with Gasteiger partial charge in [-0.15, -0.1) is 0 Å². The Kier molecular flexibility index (Phi) is 6.75. The van der Waals surface area contributed by atoms with Crippen molar-refractivity contribution in [3.05, 3.63) is 58.3 Å². The molecule has 0 saturated carbocycles. The molecule has 1 amide bonds. The number of allylic oxidation sites excluding steroid dienone is 1. The average molecular weight is 496 g/mol. The maximum Gasteiger partial charge on any atom is 0.246 e. The molecule has 1 aliphatic rings. The molecule has 0 radical (unpaired) electrons. The van der Waals surface area contributed by atoms with Crippen molar-refractivity contribution in [2.24, 2.45) is 5.92 Å². The Morgan fingerprint density at radius 2 is 1.94 bits per heavy atom. The third kappa shape index (κ3) is 4.49. The van der Waals surface area contributed by atoms with Crippen LogP contribution in [0, 0.1) is 12.8 Å². The van der Waals surface area contributed by atoms with Crippen molar-refractivity contribution in [2.45, 2.75) is 40.5 Å². The molecule has 0 aliphatic carbocycles. The van der Waals surface area contributed by atoms with Gasteiger partial charge < -0.3 is 14.1 Å². The molecule has 5 heteroatoms. The number of hydrogen-bond acceptors (Lipinski definition) is 3. The van der Waals surface area contributed by atoms with Gasteiger partial charge in [0, 0.05) is 45.7 Å². The summed E-state index contributed by atoms with van der Waals surface area (Å²) in [7, 11) is 0. The average Bonchev–Trinajstić information content (AvgIpc) is 3.20. The van der Waals surface area contributed by atoms with Gasteiger partial charge in [0.25, 0.3) is 0 Å². The van der Waals surface area contributed by atoms with Gasteiger partial charge in [0.2, 0.25) is 5.91 Å². The maximum atomic E-state index is 13.0. The van der Waals surface area contributed by atoms with Crippen LogP contribution in [0.4, 0.5) is 0 Å². The minimum Gasteiger partial charge on any atom is -0.493 e. The van der Waals surface area contributed by atoms with Crippen LogP contribution < -0.4 is 4.74 Å². The van der Waals surface area contributed by atoms with Gasteiger partial charge in [0.1, 0.15) is 11.3 Å². The lowest BCUT2D eigenvalue weighted by molar-refractivity contribution is -0.127. The number of halogens is 1. The highest BCUT2D eigenvalue weighted by molar-refractivity contribution is 9.10. The summed E-state index contributed by atoms with van der Waals surface area (Å²) >= 11 is 3.50. The number of rotatable bonds is 5. The molecule has 0 unspecified atom stereocenters. The number of furan rings is 1. The van der Waals surface area contributed by atoms with E-state index in [0.717, 1.165) is 74.9 Å². The molecule has 2 aromatic carbocycles. The Morgan fingerprint density at radius 3 is 2.59 bits per heavy atom. The standard InChI is InChI=1S/C27H30BrNO3/c1-5-31-26-19(4)27-23(24(16-32-27)20-6-8-21(28)9-7-20)15-22(26)18(3)14-25(30)29-12-10-17(2)11-13-29/h6-9,14-17H,5,10-13H2,1-4H3/b18-14+. The summed E-state index contributed by atoms with van der Waals surface area (Å²) in [6.45, 7) is 10.4. The first-order valence-electron chi connectivity index (χ1n) is 11.3. The number of carbonyl (C=O) groups is 1. The Morgan fingerprint density at radius 1 is 1.25 bits per heavy atom. The van der Waals surface area contributed by atoms with Gasteiger partial charge in [0.15, 0.2) is 0 Å². The van der Waals surface area contributed by atoms with E-state index in [1.54, 1.807) is 12.3 Å². The lowest BCUT2D eigenvalue weighted by Gasteiger charge is -2.29. The molecule has 1 fully saturated rings. The Hall–Kier alpha value is -2.53. The van der Waals surface area contributed by atoms with E-state index in [-0.39, 0.29) is 5.91 Å². The highest BCUT2D eigenvalue weighted by Crippen LogP contribution is 2.41. The van der Waals surface area contributed by atoms with Crippen LogP contribution in [0.5, 0.6) is 5.75 Å². The molecule has 1 aromatic heterocycles. The number of ether oxygens (including phenoxy) is 1. The van der Waals surface area contributed by atoms with E-state index in [9.17, 15) is 4.79 Å². The van der Waals surface area contributed by atoms with E-state index in [1.807, 2.05) is 37.8 Å². The summed E-state index contributed by atoms with van der Waals surface area (Å²) in [5, 5.41) is 1.02. The molecule has 168 valence electrons. The first-order chi connectivity index (χ1) is 15.4. The molecule has 1 saturated heterocycles. The van der Waals surface area contributed by atoms with Crippen molar-refractivity contribution in [2.75, 3.05) is 19.7 Å². The molecule has 4 nitrogen and oxygen atoms in total. The number of carbonyl (C=O) groups excluding carboxylic acids is 1. The van der Waals surface area contributed by atoms with Crippen LogP contribution in [-0.4, -0.2) is 30.5 Å².